The number of hydrogen-bond donors (Lipinski definition) is 3. The van der Waals surface area contributed by atoms with Crippen LogP contribution >= 0.6 is 11.3 Å². The summed E-state index contributed by atoms with van der Waals surface area (Å²) >= 11 is 1.43. The van der Waals surface area contributed by atoms with E-state index in [1.165, 1.54) is 33.3 Å². The summed E-state index contributed by atoms with van der Waals surface area (Å²) in [5.74, 6) is -1.65. The third-order valence-corrected chi connectivity index (χ3v) is 8.56. The molecule has 0 saturated carbocycles. The number of likely N-dealkylation sites (tertiary alicyclic amines) is 1. The van der Waals surface area contributed by atoms with E-state index in [0.717, 1.165) is 4.88 Å². The van der Waals surface area contributed by atoms with Gasteiger partial charge in [-0.25, -0.2) is 18.1 Å². The van der Waals surface area contributed by atoms with E-state index in [4.69, 9.17) is 5.73 Å². The first-order valence-electron chi connectivity index (χ1n) is 11.6. The fraction of sp³-hybridized carbons (Fsp3) is 0.391. The van der Waals surface area contributed by atoms with Gasteiger partial charge in [-0.05, 0) is 36.4 Å². The maximum atomic E-state index is 13.5. The number of imidazole rings is 1. The number of rotatable bonds is 9. The second-order valence-electron chi connectivity index (χ2n) is 8.99. The van der Waals surface area contributed by atoms with Crippen molar-refractivity contribution in [1.82, 2.24) is 29.1 Å². The molecule has 3 aromatic rings. The molecule has 3 aromatic heterocycles. The largest absolute Gasteiger partial charge is 0.368 e. The number of hydrogen-bond acceptors (Lipinski definition) is 7. The number of aromatic nitrogens is 3. The minimum atomic E-state index is -3.94. The monoisotopic (exact) mass is 547 g/mol. The van der Waals surface area contributed by atoms with E-state index in [2.05, 4.69) is 15.0 Å². The number of primary amides is 1. The van der Waals surface area contributed by atoms with Crippen molar-refractivity contribution in [1.29, 1.82) is 0 Å². The summed E-state index contributed by atoms with van der Waals surface area (Å²) < 4.78 is 31.5. The lowest BCUT2D eigenvalue weighted by Gasteiger charge is -2.39. The molecular formula is C23H29N7O5S2. The lowest BCUT2D eigenvalue weighted by atomic mass is 9.96. The lowest BCUT2D eigenvalue weighted by molar-refractivity contribution is -0.131. The predicted octanol–water partition coefficient (Wildman–Crippen LogP) is -0.0154. The van der Waals surface area contributed by atoms with Crippen LogP contribution in [0.4, 0.5) is 0 Å². The third-order valence-electron chi connectivity index (χ3n) is 6.25. The van der Waals surface area contributed by atoms with Crippen LogP contribution in [0, 0.1) is 0 Å². The molecule has 0 aromatic carbocycles. The molecule has 1 fully saturated rings. The average Bonchev–Trinajstić information content (AvgIpc) is 3.60. The van der Waals surface area contributed by atoms with Crippen LogP contribution in [0.2, 0.25) is 0 Å². The number of sulfonamides is 1. The zero-order valence-electron chi connectivity index (χ0n) is 20.4. The van der Waals surface area contributed by atoms with E-state index in [0.29, 0.717) is 12.1 Å². The molecule has 1 aliphatic rings. The number of piperidine rings is 1. The molecule has 14 heteroatoms. The molecule has 4 rings (SSSR count). The normalized spacial score (nSPS) is 18.9. The van der Waals surface area contributed by atoms with E-state index in [9.17, 15) is 22.8 Å². The van der Waals surface area contributed by atoms with E-state index in [1.807, 2.05) is 17.5 Å². The molecule has 1 saturated heterocycles. The molecule has 4 N–H and O–H groups in total. The Morgan fingerprint density at radius 2 is 2.03 bits per heavy atom. The van der Waals surface area contributed by atoms with Crippen molar-refractivity contribution in [2.24, 2.45) is 19.8 Å². The second kappa shape index (κ2) is 10.9. The highest BCUT2D eigenvalue weighted by atomic mass is 32.2. The van der Waals surface area contributed by atoms with Crippen LogP contribution in [0.3, 0.4) is 0 Å². The van der Waals surface area contributed by atoms with Crippen molar-refractivity contribution in [3.8, 4) is 0 Å². The van der Waals surface area contributed by atoms with Gasteiger partial charge in [0.2, 0.25) is 11.8 Å². The maximum Gasteiger partial charge on any atom is 0.271 e. The maximum absolute atomic E-state index is 13.5. The van der Waals surface area contributed by atoms with Crippen LogP contribution in [0.25, 0.3) is 0 Å². The van der Waals surface area contributed by atoms with E-state index in [1.54, 1.807) is 37.0 Å². The number of aryl methyl sites for hydroxylation is 2. The van der Waals surface area contributed by atoms with Gasteiger partial charge in [0, 0.05) is 50.4 Å². The molecule has 3 atom stereocenters. The number of carbonyl (C=O) groups excluding carboxylic acids is 3. The number of carbonyl (C=O) groups is 3. The minimum Gasteiger partial charge on any atom is -0.368 e. The highest BCUT2D eigenvalue weighted by Crippen LogP contribution is 2.23. The summed E-state index contributed by atoms with van der Waals surface area (Å²) in [6.45, 7) is 0.129. The summed E-state index contributed by atoms with van der Waals surface area (Å²) in [6, 6.07) is 4.39. The zero-order valence-corrected chi connectivity index (χ0v) is 22.0. The van der Waals surface area contributed by atoms with Gasteiger partial charge in [-0.15, -0.1) is 11.3 Å². The van der Waals surface area contributed by atoms with Crippen LogP contribution < -0.4 is 15.8 Å². The highest BCUT2D eigenvalue weighted by Gasteiger charge is 2.39. The first-order chi connectivity index (χ1) is 17.5. The van der Waals surface area contributed by atoms with Gasteiger partial charge in [0.1, 0.15) is 17.8 Å². The summed E-state index contributed by atoms with van der Waals surface area (Å²) in [5.41, 5.74) is 5.95. The van der Waals surface area contributed by atoms with Crippen LogP contribution in [0.1, 0.15) is 28.2 Å². The summed E-state index contributed by atoms with van der Waals surface area (Å²) in [6.07, 6.45) is 5.00. The fourth-order valence-electron chi connectivity index (χ4n) is 4.32. The SMILES string of the molecule is Cn1cnc(S(=O)(=O)N[C@H]2CCN(C(=O)c3cccn3C)[C@H](C(=O)N[C@@H](Cc3cccs3)C(N)=O)C2)c1. The molecule has 0 spiro atoms. The van der Waals surface area contributed by atoms with Crippen molar-refractivity contribution >= 4 is 39.1 Å². The molecule has 0 radical (unpaired) electrons. The summed E-state index contributed by atoms with van der Waals surface area (Å²) in [4.78, 5) is 45.2. The second-order valence-corrected chi connectivity index (χ2v) is 11.7. The molecular weight excluding hydrogens is 518 g/mol. The molecule has 3 amide bonds. The summed E-state index contributed by atoms with van der Waals surface area (Å²) in [7, 11) is -0.560. The van der Waals surface area contributed by atoms with Crippen LogP contribution in [-0.2, 0) is 40.1 Å². The Labute approximate surface area is 218 Å². The number of nitrogens with one attached hydrogen (secondary N) is 2. The number of amides is 3. The van der Waals surface area contributed by atoms with Gasteiger partial charge >= 0.3 is 0 Å². The molecule has 198 valence electrons. The van der Waals surface area contributed by atoms with Gasteiger partial charge in [-0.1, -0.05) is 6.07 Å². The van der Waals surface area contributed by atoms with Crippen molar-refractivity contribution < 1.29 is 22.8 Å². The van der Waals surface area contributed by atoms with Gasteiger partial charge in [0.15, 0.2) is 5.03 Å². The van der Waals surface area contributed by atoms with Crippen molar-refractivity contribution in [3.63, 3.8) is 0 Å². The van der Waals surface area contributed by atoms with Crippen molar-refractivity contribution in [3.05, 3.63) is 58.9 Å². The lowest BCUT2D eigenvalue weighted by Crippen LogP contribution is -2.59. The summed E-state index contributed by atoms with van der Waals surface area (Å²) in [5, 5.41) is 4.41. The predicted molar refractivity (Wildman–Crippen MR) is 136 cm³/mol. The molecule has 0 bridgehead atoms. The van der Waals surface area contributed by atoms with Crippen LogP contribution in [-0.4, -0.2) is 69.8 Å². The van der Waals surface area contributed by atoms with Crippen LogP contribution in [0.5, 0.6) is 0 Å². The fourth-order valence-corrected chi connectivity index (χ4v) is 6.34. The van der Waals surface area contributed by atoms with Gasteiger partial charge in [0.25, 0.3) is 15.9 Å². The minimum absolute atomic E-state index is 0.0124. The highest BCUT2D eigenvalue weighted by molar-refractivity contribution is 7.89. The number of nitrogens with two attached hydrogens (primary N) is 1. The van der Waals surface area contributed by atoms with Gasteiger partial charge in [-0.3, -0.25) is 14.4 Å². The Kier molecular flexibility index (Phi) is 7.80. The molecule has 1 aliphatic heterocycles. The first kappa shape index (κ1) is 26.6. The van der Waals surface area contributed by atoms with E-state index < -0.39 is 40.0 Å². The van der Waals surface area contributed by atoms with E-state index >= 15 is 0 Å². The van der Waals surface area contributed by atoms with Crippen molar-refractivity contribution in [2.75, 3.05) is 6.54 Å². The topological polar surface area (TPSA) is 161 Å². The van der Waals surface area contributed by atoms with Crippen molar-refractivity contribution in [2.45, 2.75) is 42.4 Å². The first-order valence-corrected chi connectivity index (χ1v) is 14.0. The molecule has 0 unspecified atom stereocenters. The molecule has 4 heterocycles. The Bertz CT molecular complexity index is 1380. The van der Waals surface area contributed by atoms with Crippen LogP contribution in [0.15, 0.2) is 53.4 Å². The van der Waals surface area contributed by atoms with Gasteiger partial charge in [-0.2, -0.15) is 0 Å². The molecule has 0 aliphatic carbocycles. The third kappa shape index (κ3) is 6.09. The smallest absolute Gasteiger partial charge is 0.271 e. The number of nitrogens with zero attached hydrogens (tertiary/aromatic N) is 4. The molecule has 37 heavy (non-hydrogen) atoms. The van der Waals surface area contributed by atoms with Gasteiger partial charge < -0.3 is 25.1 Å². The number of thiophene rings is 1. The Hall–Kier alpha value is -3.49. The quantitative estimate of drug-likeness (QED) is 0.341. The van der Waals surface area contributed by atoms with E-state index in [-0.39, 0.29) is 30.3 Å². The zero-order chi connectivity index (χ0) is 26.7. The Balaban J connectivity index is 1.56. The van der Waals surface area contributed by atoms with Gasteiger partial charge in [0.05, 0.1) is 6.33 Å². The Morgan fingerprint density at radius 1 is 1.24 bits per heavy atom. The average molecular weight is 548 g/mol. The standard InChI is InChI=1S/C23H29N7O5S2/c1-28-13-20(25-14-28)37(34,35)27-15-7-9-30(23(33)18-6-3-8-29(18)2)19(11-15)22(32)26-17(21(24)31)12-16-5-4-10-36-16/h3-6,8,10,13-15,17,19,27H,7,9,11-12H2,1-2H3,(H2,24,31)(H,26,32)/t15-,17-,19-/m0/s1. The molecule has 12 nitrogen and oxygen atoms in total. The Morgan fingerprint density at radius 3 is 2.62 bits per heavy atom.